The highest BCUT2D eigenvalue weighted by Crippen LogP contribution is 2.38. The molecule has 0 N–H and O–H groups in total. The summed E-state index contributed by atoms with van der Waals surface area (Å²) in [6, 6.07) is 45.3. The van der Waals surface area contributed by atoms with Gasteiger partial charge in [0.25, 0.3) is 16.6 Å². The molecule has 0 atom stereocenters. The van der Waals surface area contributed by atoms with Gasteiger partial charge in [0.15, 0.2) is 0 Å². The molecule has 1 aliphatic heterocycles. The van der Waals surface area contributed by atoms with Gasteiger partial charge >= 0.3 is 34.2 Å². The smallest absolute Gasteiger partial charge is 0.343 e. The van der Waals surface area contributed by atoms with Crippen LogP contribution < -0.4 is 20.7 Å². The van der Waals surface area contributed by atoms with Gasteiger partial charge in [-0.05, 0) is 71.1 Å². The Morgan fingerprint density at radius 1 is 0.463 bits per heavy atom. The van der Waals surface area contributed by atoms with E-state index >= 15 is 0 Å². The Morgan fingerprint density at radius 2 is 0.722 bits per heavy atom. The third-order valence-corrected chi connectivity index (χ3v) is 36.6. The number of hydrogen-bond acceptors (Lipinski definition) is 6. The van der Waals surface area contributed by atoms with Crippen LogP contribution in [0.5, 0.6) is 0 Å². The lowest BCUT2D eigenvalue weighted by Gasteiger charge is -2.49. The molecule has 12 heteroatoms. The van der Waals surface area contributed by atoms with Crippen molar-refractivity contribution in [3.8, 4) is 0 Å². The molecule has 1 saturated heterocycles. The van der Waals surface area contributed by atoms with E-state index in [1.54, 1.807) is 0 Å². The monoisotopic (exact) mass is 824 g/mol. The summed E-state index contributed by atoms with van der Waals surface area (Å²) in [5, 5.41) is 4.79. The third kappa shape index (κ3) is 9.82. The van der Waals surface area contributed by atoms with E-state index in [1.807, 2.05) is 47.8 Å². The minimum atomic E-state index is -3.06. The first-order valence-corrected chi connectivity index (χ1v) is 32.8. The molecule has 4 aromatic carbocycles. The Labute approximate surface area is 330 Å². The third-order valence-electron chi connectivity index (χ3n) is 10.1. The van der Waals surface area contributed by atoms with Crippen molar-refractivity contribution in [2.75, 3.05) is 13.2 Å². The predicted molar refractivity (Wildman–Crippen MR) is 239 cm³/mol. The Morgan fingerprint density at radius 3 is 0.944 bits per heavy atom. The van der Waals surface area contributed by atoms with Gasteiger partial charge in [0.05, 0.1) is 13.2 Å². The molecule has 0 aromatic heterocycles. The van der Waals surface area contributed by atoms with E-state index in [1.165, 1.54) is 20.7 Å². The SMILES string of the molecule is C=CCO[Si](CC[Si]1(C)O[Si](C)(C=C)O[Si](C)(CC[Si](OCC=C)(c2ccccc2)c2ccccc2)O[Si](C)(C=C)O1)(c1ccccc1)c1ccccc1. The maximum Gasteiger partial charge on any atom is 0.343 e. The zero-order valence-electron chi connectivity index (χ0n) is 32.4. The molecule has 5 rings (SSSR count). The van der Waals surface area contributed by atoms with Gasteiger partial charge in [0, 0.05) is 0 Å². The maximum atomic E-state index is 7.32. The van der Waals surface area contributed by atoms with Crippen molar-refractivity contribution in [1.29, 1.82) is 0 Å². The molecule has 284 valence electrons. The van der Waals surface area contributed by atoms with Gasteiger partial charge < -0.3 is 25.3 Å². The van der Waals surface area contributed by atoms with Crippen molar-refractivity contribution in [1.82, 2.24) is 0 Å². The van der Waals surface area contributed by atoms with Gasteiger partial charge in [-0.1, -0.05) is 145 Å². The first-order chi connectivity index (χ1) is 25.9. The largest absolute Gasteiger partial charge is 0.413 e. The summed E-state index contributed by atoms with van der Waals surface area (Å²) in [6.45, 7) is 25.9. The molecule has 6 nitrogen and oxygen atoms in total. The average Bonchev–Trinajstić information content (AvgIpc) is 3.19. The molecular formula is C42H56O6Si6. The second-order valence-corrected chi connectivity index (χ2v) is 35.3. The topological polar surface area (TPSA) is 55.4 Å². The fraction of sp³-hybridized carbons (Fsp3) is 0.238. The van der Waals surface area contributed by atoms with Crippen LogP contribution in [0.25, 0.3) is 0 Å². The summed E-state index contributed by atoms with van der Waals surface area (Å²) in [5.41, 5.74) is 3.80. The fourth-order valence-corrected chi connectivity index (χ4v) is 39.4. The second kappa shape index (κ2) is 18.2. The molecule has 54 heavy (non-hydrogen) atoms. The van der Waals surface area contributed by atoms with Crippen LogP contribution in [0.2, 0.25) is 50.4 Å². The molecule has 1 aliphatic rings. The van der Waals surface area contributed by atoms with Crippen LogP contribution >= 0.6 is 0 Å². The molecule has 0 spiro atoms. The van der Waals surface area contributed by atoms with Crippen molar-refractivity contribution in [3.63, 3.8) is 0 Å². The van der Waals surface area contributed by atoms with Crippen molar-refractivity contribution >= 4 is 71.6 Å². The number of hydrogen-bond donors (Lipinski definition) is 0. The molecule has 0 unspecified atom stereocenters. The second-order valence-electron chi connectivity index (χ2n) is 14.4. The lowest BCUT2D eigenvalue weighted by atomic mass is 10.4. The first kappa shape index (κ1) is 42.1. The van der Waals surface area contributed by atoms with E-state index in [-0.39, 0.29) is 0 Å². The maximum absolute atomic E-state index is 7.32. The molecule has 0 bridgehead atoms. The molecule has 0 aliphatic carbocycles. The summed E-state index contributed by atoms with van der Waals surface area (Å²) >= 11 is 0. The zero-order valence-corrected chi connectivity index (χ0v) is 38.4. The highest BCUT2D eigenvalue weighted by atomic mass is 28.5. The molecule has 0 radical (unpaired) electrons. The zero-order chi connectivity index (χ0) is 38.8. The van der Waals surface area contributed by atoms with Crippen molar-refractivity contribution in [3.05, 3.63) is 171 Å². The molecule has 1 heterocycles. The van der Waals surface area contributed by atoms with Gasteiger partial charge in [0.1, 0.15) is 0 Å². The fourth-order valence-electron chi connectivity index (χ4n) is 7.60. The van der Waals surface area contributed by atoms with Crippen LogP contribution in [0.4, 0.5) is 0 Å². The van der Waals surface area contributed by atoms with Crippen molar-refractivity contribution in [2.45, 2.75) is 50.4 Å². The minimum Gasteiger partial charge on any atom is -0.413 e. The van der Waals surface area contributed by atoms with Crippen LogP contribution in [0.3, 0.4) is 0 Å². The summed E-state index contributed by atoms with van der Waals surface area (Å²) in [7, 11) is -17.8. The minimum absolute atomic E-state index is 0.442. The number of benzene rings is 4. The van der Waals surface area contributed by atoms with E-state index in [4.69, 9.17) is 25.3 Å². The normalized spacial score (nSPS) is 24.8. The lowest BCUT2D eigenvalue weighted by molar-refractivity contribution is 0.236. The van der Waals surface area contributed by atoms with E-state index < -0.39 is 50.9 Å². The predicted octanol–water partition coefficient (Wildman–Crippen LogP) is 7.73. The van der Waals surface area contributed by atoms with Crippen LogP contribution in [0.1, 0.15) is 0 Å². The van der Waals surface area contributed by atoms with Crippen molar-refractivity contribution < 1.29 is 25.3 Å². The summed E-state index contributed by atoms with van der Waals surface area (Å²) < 4.78 is 43.1. The molecule has 0 amide bonds. The van der Waals surface area contributed by atoms with E-state index in [0.717, 1.165) is 12.1 Å². The molecule has 1 fully saturated rings. The lowest BCUT2D eigenvalue weighted by Crippen LogP contribution is -2.68. The van der Waals surface area contributed by atoms with Crippen LogP contribution in [-0.4, -0.2) is 64.1 Å². The van der Waals surface area contributed by atoms with Gasteiger partial charge in [-0.15, -0.1) is 26.3 Å². The highest BCUT2D eigenvalue weighted by molar-refractivity contribution is 7.01. The summed E-state index contributed by atoms with van der Waals surface area (Å²) in [4.78, 5) is 0. The van der Waals surface area contributed by atoms with Gasteiger partial charge in [-0.2, -0.15) is 0 Å². The van der Waals surface area contributed by atoms with E-state index in [2.05, 4.69) is 150 Å². The Balaban J connectivity index is 1.50. The summed E-state index contributed by atoms with van der Waals surface area (Å²) in [6.07, 6.45) is 3.67. The van der Waals surface area contributed by atoms with E-state index in [0.29, 0.717) is 25.3 Å². The van der Waals surface area contributed by atoms with Gasteiger partial charge in [0.2, 0.25) is 0 Å². The van der Waals surface area contributed by atoms with Crippen molar-refractivity contribution in [2.24, 2.45) is 0 Å². The Bertz CT molecular complexity index is 1600. The molecule has 0 saturated carbocycles. The Kier molecular flexibility index (Phi) is 14.2. The highest BCUT2D eigenvalue weighted by Gasteiger charge is 2.57. The molecular weight excluding hydrogens is 769 g/mol. The van der Waals surface area contributed by atoms with Crippen LogP contribution in [0.15, 0.2) is 171 Å². The quantitative estimate of drug-likeness (QED) is 0.0757. The van der Waals surface area contributed by atoms with Crippen LogP contribution in [0, 0.1) is 0 Å². The first-order valence-electron chi connectivity index (χ1n) is 18.7. The van der Waals surface area contributed by atoms with Gasteiger partial charge in [-0.25, -0.2) is 0 Å². The molecule has 4 aromatic rings. The standard InChI is InChI=1S/C42H56O6Si6/c1-9-33-43-53(39-25-17-13-18-26-39,40-27-19-14-20-28-40)37-35-51(7)45-49(5,11-3)47-52(8,48-50(6,12-4)46-51)36-38-54(44-34-10-2,41-29-21-15-22-30-41)42-31-23-16-24-32-42/h9-32H,1-4,33-38H2,5-8H3. The average molecular weight is 825 g/mol. The van der Waals surface area contributed by atoms with Gasteiger partial charge in [-0.3, -0.25) is 0 Å². The van der Waals surface area contributed by atoms with E-state index in [9.17, 15) is 0 Å². The Hall–Kier alpha value is -3.10. The van der Waals surface area contributed by atoms with Crippen LogP contribution in [-0.2, 0) is 25.3 Å². The summed E-state index contributed by atoms with van der Waals surface area (Å²) in [5.74, 6) is 0. The number of rotatable bonds is 18.